The lowest BCUT2D eigenvalue weighted by Gasteiger charge is -2.31. The van der Waals surface area contributed by atoms with Crippen LogP contribution in [-0.2, 0) is 28.5 Å². The Kier molecular flexibility index (Phi) is 10.4. The van der Waals surface area contributed by atoms with Crippen molar-refractivity contribution in [1.29, 1.82) is 0 Å². The number of carbonyl (C=O) groups excluding carboxylic acids is 2. The maximum Gasteiger partial charge on any atom is 0.321 e. The van der Waals surface area contributed by atoms with Crippen LogP contribution in [0.25, 0.3) is 0 Å². The molecule has 1 atom stereocenters. The summed E-state index contributed by atoms with van der Waals surface area (Å²) in [4.78, 5) is 25.9. The molecule has 1 aliphatic carbocycles. The third kappa shape index (κ3) is 7.33. The van der Waals surface area contributed by atoms with Gasteiger partial charge in [-0.1, -0.05) is 13.0 Å². The summed E-state index contributed by atoms with van der Waals surface area (Å²) in [5.74, 6) is -2.35. The summed E-state index contributed by atoms with van der Waals surface area (Å²) < 4.78 is 33.8. The summed E-state index contributed by atoms with van der Waals surface area (Å²) in [5.41, 5.74) is 0.794. The molecule has 0 bridgehead atoms. The van der Waals surface area contributed by atoms with Gasteiger partial charge in [-0.25, -0.2) is 0 Å². The van der Waals surface area contributed by atoms with E-state index in [2.05, 4.69) is 6.92 Å². The minimum absolute atomic E-state index is 0.130. The van der Waals surface area contributed by atoms with Crippen LogP contribution in [-0.4, -0.2) is 58.4 Å². The Morgan fingerprint density at radius 1 is 0.909 bits per heavy atom. The number of ether oxygens (including phenoxy) is 6. The SMILES string of the molecule is CCOC(=O)C(C(=O)OCC)C(c1ccc(OC)c(OCC2(C)CC2)c1)C(OCC)OCC. The van der Waals surface area contributed by atoms with E-state index in [4.69, 9.17) is 28.4 Å². The highest BCUT2D eigenvalue weighted by Crippen LogP contribution is 2.46. The third-order valence-electron chi connectivity index (χ3n) is 5.65. The van der Waals surface area contributed by atoms with Gasteiger partial charge in [-0.15, -0.1) is 0 Å². The monoisotopic (exact) mass is 466 g/mol. The van der Waals surface area contributed by atoms with E-state index < -0.39 is 30.1 Å². The van der Waals surface area contributed by atoms with E-state index in [0.717, 1.165) is 12.8 Å². The summed E-state index contributed by atoms with van der Waals surface area (Å²) in [5, 5.41) is 0. The molecule has 1 unspecified atom stereocenters. The molecule has 2 rings (SSSR count). The van der Waals surface area contributed by atoms with E-state index in [1.54, 1.807) is 39.2 Å². The van der Waals surface area contributed by atoms with Crippen LogP contribution in [0.4, 0.5) is 0 Å². The number of rotatable bonds is 15. The van der Waals surface area contributed by atoms with Gasteiger partial charge in [-0.3, -0.25) is 9.59 Å². The first-order chi connectivity index (χ1) is 15.8. The third-order valence-corrected chi connectivity index (χ3v) is 5.65. The zero-order chi connectivity index (χ0) is 24.4. The summed E-state index contributed by atoms with van der Waals surface area (Å²) in [6.07, 6.45) is 1.35. The fraction of sp³-hybridized carbons (Fsp3) is 0.680. The van der Waals surface area contributed by atoms with E-state index in [1.807, 2.05) is 13.8 Å². The van der Waals surface area contributed by atoms with E-state index in [-0.39, 0.29) is 18.6 Å². The van der Waals surface area contributed by atoms with E-state index in [1.165, 1.54) is 0 Å². The number of carbonyl (C=O) groups is 2. The molecular formula is C25H38O8. The second-order valence-corrected chi connectivity index (χ2v) is 8.30. The topological polar surface area (TPSA) is 89.5 Å². The van der Waals surface area contributed by atoms with Crippen molar-refractivity contribution in [1.82, 2.24) is 0 Å². The van der Waals surface area contributed by atoms with Crippen molar-refractivity contribution < 1.29 is 38.0 Å². The molecule has 1 saturated carbocycles. The van der Waals surface area contributed by atoms with Crippen molar-refractivity contribution in [2.75, 3.05) is 40.1 Å². The molecule has 0 N–H and O–H groups in total. The van der Waals surface area contributed by atoms with Gasteiger partial charge in [0.25, 0.3) is 0 Å². The number of hydrogen-bond acceptors (Lipinski definition) is 8. The van der Waals surface area contributed by atoms with Crippen molar-refractivity contribution >= 4 is 11.9 Å². The molecular weight excluding hydrogens is 428 g/mol. The molecule has 8 nitrogen and oxygen atoms in total. The molecule has 0 radical (unpaired) electrons. The highest BCUT2D eigenvalue weighted by Gasteiger charge is 2.44. The molecule has 8 heteroatoms. The Hall–Kier alpha value is -2.32. The Morgan fingerprint density at radius 2 is 1.48 bits per heavy atom. The molecule has 0 amide bonds. The molecule has 0 aliphatic heterocycles. The van der Waals surface area contributed by atoms with Crippen LogP contribution in [0, 0.1) is 11.3 Å². The number of benzene rings is 1. The minimum Gasteiger partial charge on any atom is -0.493 e. The lowest BCUT2D eigenvalue weighted by molar-refractivity contribution is -0.183. The number of hydrogen-bond donors (Lipinski definition) is 0. The predicted octanol–water partition coefficient (Wildman–Crippen LogP) is 4.10. The normalized spacial score (nSPS) is 15.3. The molecule has 1 aromatic carbocycles. The Morgan fingerprint density at radius 3 is 1.94 bits per heavy atom. The van der Waals surface area contributed by atoms with E-state index >= 15 is 0 Å². The largest absolute Gasteiger partial charge is 0.493 e. The van der Waals surface area contributed by atoms with Gasteiger partial charge in [0, 0.05) is 18.6 Å². The fourth-order valence-electron chi connectivity index (χ4n) is 3.57. The Labute approximate surface area is 196 Å². The van der Waals surface area contributed by atoms with Crippen LogP contribution in [0.15, 0.2) is 18.2 Å². The van der Waals surface area contributed by atoms with E-state index in [9.17, 15) is 9.59 Å². The van der Waals surface area contributed by atoms with Gasteiger partial charge in [0.05, 0.1) is 32.8 Å². The fourth-order valence-corrected chi connectivity index (χ4v) is 3.57. The first-order valence-corrected chi connectivity index (χ1v) is 11.7. The van der Waals surface area contributed by atoms with Crippen molar-refractivity contribution in [3.8, 4) is 11.5 Å². The highest BCUT2D eigenvalue weighted by molar-refractivity contribution is 5.96. The van der Waals surface area contributed by atoms with Gasteiger partial charge in [-0.05, 0) is 58.2 Å². The first-order valence-electron chi connectivity index (χ1n) is 11.7. The van der Waals surface area contributed by atoms with Gasteiger partial charge in [0.15, 0.2) is 23.7 Å². The summed E-state index contributed by atoms with van der Waals surface area (Å²) >= 11 is 0. The van der Waals surface area contributed by atoms with Crippen molar-refractivity contribution in [2.24, 2.45) is 11.3 Å². The van der Waals surface area contributed by atoms with Crippen LogP contribution in [0.5, 0.6) is 11.5 Å². The highest BCUT2D eigenvalue weighted by atomic mass is 16.7. The molecule has 1 aliphatic rings. The summed E-state index contributed by atoms with van der Waals surface area (Å²) in [6.45, 7) is 10.7. The zero-order valence-electron chi connectivity index (χ0n) is 20.7. The number of methoxy groups -OCH3 is 1. The summed E-state index contributed by atoms with van der Waals surface area (Å²) in [6, 6.07) is 5.33. The Bertz CT molecular complexity index is 750. The molecule has 0 aromatic heterocycles. The van der Waals surface area contributed by atoms with Crippen LogP contribution in [0.3, 0.4) is 0 Å². The van der Waals surface area contributed by atoms with Gasteiger partial charge in [0.1, 0.15) is 0 Å². The van der Waals surface area contributed by atoms with Crippen molar-refractivity contribution in [3.05, 3.63) is 23.8 Å². The lowest BCUT2D eigenvalue weighted by Crippen LogP contribution is -2.41. The Balaban J connectivity index is 2.54. The van der Waals surface area contributed by atoms with Crippen LogP contribution in [0.1, 0.15) is 58.9 Å². The van der Waals surface area contributed by atoms with Gasteiger partial charge >= 0.3 is 11.9 Å². The smallest absolute Gasteiger partial charge is 0.321 e. The molecule has 186 valence electrons. The van der Waals surface area contributed by atoms with Crippen molar-refractivity contribution in [3.63, 3.8) is 0 Å². The summed E-state index contributed by atoms with van der Waals surface area (Å²) in [7, 11) is 1.57. The zero-order valence-corrected chi connectivity index (χ0v) is 20.7. The van der Waals surface area contributed by atoms with E-state index in [0.29, 0.717) is 36.9 Å². The number of esters is 2. The van der Waals surface area contributed by atoms with Crippen molar-refractivity contribution in [2.45, 2.75) is 59.7 Å². The average Bonchev–Trinajstić information content (AvgIpc) is 3.53. The molecule has 1 fully saturated rings. The first kappa shape index (κ1) is 26.9. The molecule has 33 heavy (non-hydrogen) atoms. The second-order valence-electron chi connectivity index (χ2n) is 8.30. The van der Waals surface area contributed by atoms with Gasteiger partial charge in [0.2, 0.25) is 0 Å². The average molecular weight is 467 g/mol. The predicted molar refractivity (Wildman–Crippen MR) is 122 cm³/mol. The maximum atomic E-state index is 13.0. The molecule has 0 heterocycles. The minimum atomic E-state index is -1.27. The van der Waals surface area contributed by atoms with Crippen LogP contribution >= 0.6 is 0 Å². The molecule has 0 spiro atoms. The van der Waals surface area contributed by atoms with Gasteiger partial charge in [-0.2, -0.15) is 0 Å². The van der Waals surface area contributed by atoms with Crippen LogP contribution < -0.4 is 9.47 Å². The van der Waals surface area contributed by atoms with Crippen LogP contribution in [0.2, 0.25) is 0 Å². The van der Waals surface area contributed by atoms with Gasteiger partial charge < -0.3 is 28.4 Å². The standard InChI is InChI=1S/C25H38O8/c1-7-29-22(26)21(23(27)30-8-2)20(24(31-9-3)32-10-4)17-11-12-18(28-6)19(15-17)33-16-25(5)13-14-25/h11-12,15,20-21,24H,7-10,13-14,16H2,1-6H3. The maximum absolute atomic E-state index is 13.0. The second kappa shape index (κ2) is 12.8. The quantitative estimate of drug-likeness (QED) is 0.217. The lowest BCUT2D eigenvalue weighted by atomic mass is 9.84. The molecule has 0 saturated heterocycles. The molecule has 1 aromatic rings.